The van der Waals surface area contributed by atoms with Crippen LogP contribution in [0, 0.1) is 10.1 Å². The van der Waals surface area contributed by atoms with E-state index in [0.717, 1.165) is 6.07 Å². The molecule has 2 heterocycles. The van der Waals surface area contributed by atoms with Crippen LogP contribution >= 0.6 is 0 Å². The molecule has 1 unspecified atom stereocenters. The normalized spacial score (nSPS) is 17.4. The molecule has 1 saturated heterocycles. The number of aliphatic hydroxyl groups is 1. The Morgan fingerprint density at radius 3 is 2.55 bits per heavy atom. The van der Waals surface area contributed by atoms with E-state index in [1.54, 1.807) is 36.4 Å². The molecule has 1 aromatic heterocycles. The van der Waals surface area contributed by atoms with Gasteiger partial charge in [0.15, 0.2) is 0 Å². The first kappa shape index (κ1) is 21.8. The van der Waals surface area contributed by atoms with E-state index in [2.05, 4.69) is 0 Å². The molecule has 1 aliphatic rings. The monoisotopic (exact) mass is 448 g/mol. The van der Waals surface area contributed by atoms with Crippen LogP contribution in [0.25, 0.3) is 5.76 Å². The summed E-state index contributed by atoms with van der Waals surface area (Å²) in [6.45, 7) is 2.33. The van der Waals surface area contributed by atoms with Crippen molar-refractivity contribution in [2.45, 2.75) is 19.5 Å². The highest BCUT2D eigenvalue weighted by Gasteiger charge is 2.46. The number of benzene rings is 2. The molecule has 0 spiro atoms. The van der Waals surface area contributed by atoms with Gasteiger partial charge in [0.1, 0.15) is 17.3 Å². The molecule has 168 valence electrons. The number of furan rings is 1. The van der Waals surface area contributed by atoms with Gasteiger partial charge in [0.25, 0.3) is 17.4 Å². The van der Waals surface area contributed by atoms with E-state index < -0.39 is 28.4 Å². The summed E-state index contributed by atoms with van der Waals surface area (Å²) in [6, 6.07) is 14.5. The summed E-state index contributed by atoms with van der Waals surface area (Å²) in [5.41, 5.74) is 0.227. The van der Waals surface area contributed by atoms with E-state index in [4.69, 9.17) is 9.15 Å². The third kappa shape index (κ3) is 4.20. The zero-order valence-electron chi connectivity index (χ0n) is 17.6. The number of Topliss-reactive ketones (excluding diaryl/α,β-unsaturated/α-hetero) is 1. The first-order chi connectivity index (χ1) is 15.9. The molecule has 9 nitrogen and oxygen atoms in total. The lowest BCUT2D eigenvalue weighted by atomic mass is 9.95. The van der Waals surface area contributed by atoms with Crippen LogP contribution in [0.3, 0.4) is 0 Å². The predicted octanol–water partition coefficient (Wildman–Crippen LogP) is 4.21. The van der Waals surface area contributed by atoms with Crippen LogP contribution in [0.2, 0.25) is 0 Å². The molecule has 0 bridgehead atoms. The SMILES string of the molecule is CCOc1ccc(C2/C(=C(\O)c3cccc([N+](=O)[O-])c3)C(=O)C(=O)N2Cc2ccco2)cc1. The number of rotatable bonds is 7. The number of aliphatic hydroxyl groups excluding tert-OH is 1. The van der Waals surface area contributed by atoms with Crippen LogP contribution in [0.15, 0.2) is 76.9 Å². The van der Waals surface area contributed by atoms with Crippen LogP contribution in [0.5, 0.6) is 5.75 Å². The fraction of sp³-hybridized carbons (Fsp3) is 0.167. The number of amides is 1. The van der Waals surface area contributed by atoms with Crippen LogP contribution in [0.1, 0.15) is 29.9 Å². The molecule has 9 heteroatoms. The van der Waals surface area contributed by atoms with Crippen molar-refractivity contribution in [2.75, 3.05) is 6.61 Å². The Morgan fingerprint density at radius 1 is 1.15 bits per heavy atom. The maximum Gasteiger partial charge on any atom is 0.296 e. The zero-order valence-corrected chi connectivity index (χ0v) is 17.6. The largest absolute Gasteiger partial charge is 0.507 e. The molecule has 33 heavy (non-hydrogen) atoms. The fourth-order valence-electron chi connectivity index (χ4n) is 3.80. The minimum Gasteiger partial charge on any atom is -0.507 e. The lowest BCUT2D eigenvalue weighted by Gasteiger charge is -2.24. The number of ether oxygens (including phenoxy) is 1. The number of non-ortho nitro benzene ring substituents is 1. The summed E-state index contributed by atoms with van der Waals surface area (Å²) < 4.78 is 10.8. The van der Waals surface area contributed by atoms with E-state index in [-0.39, 0.29) is 23.4 Å². The molecule has 0 saturated carbocycles. The quantitative estimate of drug-likeness (QED) is 0.189. The Labute approximate surface area is 188 Å². The Bertz CT molecular complexity index is 1230. The lowest BCUT2D eigenvalue weighted by molar-refractivity contribution is -0.384. The fourth-order valence-corrected chi connectivity index (χ4v) is 3.80. The van der Waals surface area contributed by atoms with Gasteiger partial charge in [-0.1, -0.05) is 24.3 Å². The van der Waals surface area contributed by atoms with Crippen LogP contribution in [-0.2, 0) is 16.1 Å². The van der Waals surface area contributed by atoms with Gasteiger partial charge >= 0.3 is 0 Å². The molecule has 2 aromatic carbocycles. The van der Waals surface area contributed by atoms with Gasteiger partial charge in [-0.15, -0.1) is 0 Å². The van der Waals surface area contributed by atoms with Crippen LogP contribution < -0.4 is 4.74 Å². The maximum atomic E-state index is 13.0. The lowest BCUT2D eigenvalue weighted by Crippen LogP contribution is -2.29. The van der Waals surface area contributed by atoms with Gasteiger partial charge in [-0.2, -0.15) is 0 Å². The first-order valence-corrected chi connectivity index (χ1v) is 10.2. The summed E-state index contributed by atoms with van der Waals surface area (Å²) >= 11 is 0. The van der Waals surface area contributed by atoms with Crippen molar-refractivity contribution < 1.29 is 28.8 Å². The van der Waals surface area contributed by atoms with Crippen molar-refractivity contribution in [3.8, 4) is 5.75 Å². The van der Waals surface area contributed by atoms with Crippen molar-refractivity contribution in [1.82, 2.24) is 4.90 Å². The Hall–Kier alpha value is -4.40. The average molecular weight is 448 g/mol. The summed E-state index contributed by atoms with van der Waals surface area (Å²) in [6.07, 6.45) is 1.46. The van der Waals surface area contributed by atoms with Gasteiger partial charge < -0.3 is 19.2 Å². The number of nitro groups is 1. The standard InChI is InChI=1S/C24H20N2O7/c1-2-32-18-10-8-15(9-11-18)21-20(22(27)16-5-3-6-17(13-16)26(30)31)23(28)24(29)25(21)14-19-7-4-12-33-19/h3-13,21,27H,2,14H2,1H3/b22-20+. The van der Waals surface area contributed by atoms with Crippen LogP contribution in [0.4, 0.5) is 5.69 Å². The Balaban J connectivity index is 1.85. The van der Waals surface area contributed by atoms with E-state index in [9.17, 15) is 24.8 Å². The summed E-state index contributed by atoms with van der Waals surface area (Å²) in [4.78, 5) is 37.9. The highest BCUT2D eigenvalue weighted by molar-refractivity contribution is 6.46. The number of nitrogens with zero attached hydrogens (tertiary/aromatic N) is 2. The highest BCUT2D eigenvalue weighted by Crippen LogP contribution is 2.41. The van der Waals surface area contributed by atoms with Gasteiger partial charge in [0.2, 0.25) is 0 Å². The van der Waals surface area contributed by atoms with Gasteiger partial charge in [0, 0.05) is 17.7 Å². The molecule has 1 N–H and O–H groups in total. The number of hydrogen-bond donors (Lipinski definition) is 1. The summed E-state index contributed by atoms with van der Waals surface area (Å²) in [5.74, 6) is -1.11. The second kappa shape index (κ2) is 8.99. The van der Waals surface area contributed by atoms with Crippen molar-refractivity contribution in [1.29, 1.82) is 0 Å². The minimum absolute atomic E-state index is 0.00116. The topological polar surface area (TPSA) is 123 Å². The molecule has 1 fully saturated rings. The second-order valence-corrected chi connectivity index (χ2v) is 7.32. The maximum absolute atomic E-state index is 13.0. The van der Waals surface area contributed by atoms with E-state index >= 15 is 0 Å². The third-order valence-corrected chi connectivity index (χ3v) is 5.28. The Morgan fingerprint density at radius 2 is 1.91 bits per heavy atom. The number of likely N-dealkylation sites (tertiary alicyclic amines) is 1. The van der Waals surface area contributed by atoms with E-state index in [1.165, 1.54) is 29.4 Å². The summed E-state index contributed by atoms with van der Waals surface area (Å²) in [5, 5.41) is 22.2. The van der Waals surface area contributed by atoms with Crippen LogP contribution in [-0.4, -0.2) is 33.2 Å². The molecule has 3 aromatic rings. The highest BCUT2D eigenvalue weighted by atomic mass is 16.6. The molecule has 4 rings (SSSR count). The molecule has 0 radical (unpaired) electrons. The van der Waals surface area contributed by atoms with Gasteiger partial charge in [-0.05, 0) is 36.8 Å². The molecule has 0 aliphatic carbocycles. The first-order valence-electron chi connectivity index (χ1n) is 10.2. The number of carbonyl (C=O) groups excluding carboxylic acids is 2. The number of ketones is 1. The van der Waals surface area contributed by atoms with Crippen molar-refractivity contribution in [3.05, 3.63) is 99.5 Å². The van der Waals surface area contributed by atoms with Crippen molar-refractivity contribution >= 4 is 23.1 Å². The van der Waals surface area contributed by atoms with E-state index in [1.807, 2.05) is 6.92 Å². The Kier molecular flexibility index (Phi) is 5.95. The third-order valence-electron chi connectivity index (χ3n) is 5.28. The molecule has 1 aliphatic heterocycles. The van der Waals surface area contributed by atoms with Gasteiger partial charge in [-0.3, -0.25) is 19.7 Å². The number of carbonyl (C=O) groups is 2. The summed E-state index contributed by atoms with van der Waals surface area (Å²) in [7, 11) is 0. The molecular weight excluding hydrogens is 428 g/mol. The zero-order chi connectivity index (χ0) is 23.5. The number of hydrogen-bond acceptors (Lipinski definition) is 7. The molecule has 1 amide bonds. The van der Waals surface area contributed by atoms with Gasteiger partial charge in [-0.25, -0.2) is 0 Å². The predicted molar refractivity (Wildman–Crippen MR) is 117 cm³/mol. The minimum atomic E-state index is -0.926. The van der Waals surface area contributed by atoms with E-state index in [0.29, 0.717) is 23.7 Å². The molecular formula is C24H20N2O7. The smallest absolute Gasteiger partial charge is 0.296 e. The van der Waals surface area contributed by atoms with Gasteiger partial charge in [0.05, 0.1) is 36.0 Å². The molecule has 1 atom stereocenters. The van der Waals surface area contributed by atoms with Crippen molar-refractivity contribution in [3.63, 3.8) is 0 Å². The second-order valence-electron chi connectivity index (χ2n) is 7.32. The number of nitro benzene ring substituents is 1. The van der Waals surface area contributed by atoms with Crippen molar-refractivity contribution in [2.24, 2.45) is 0 Å². The average Bonchev–Trinajstić information content (AvgIpc) is 3.42.